The van der Waals surface area contributed by atoms with Gasteiger partial charge in [-0.3, -0.25) is 25.2 Å². The van der Waals surface area contributed by atoms with Gasteiger partial charge in [-0.15, -0.1) is 0 Å². The number of anilines is 1. The zero-order chi connectivity index (χ0) is 24.2. The van der Waals surface area contributed by atoms with Crippen molar-refractivity contribution in [2.75, 3.05) is 11.8 Å². The number of halogens is 1. The van der Waals surface area contributed by atoms with Crippen LogP contribution in [-0.2, 0) is 10.0 Å². The highest BCUT2D eigenvalue weighted by molar-refractivity contribution is 7.92. The highest BCUT2D eigenvalue weighted by Crippen LogP contribution is 2.26. The lowest BCUT2D eigenvalue weighted by Crippen LogP contribution is -2.41. The van der Waals surface area contributed by atoms with E-state index < -0.39 is 21.8 Å². The minimum atomic E-state index is -4.09. The van der Waals surface area contributed by atoms with E-state index in [2.05, 4.69) is 15.6 Å². The number of hydrazine groups is 1. The van der Waals surface area contributed by atoms with Crippen LogP contribution in [0.3, 0.4) is 0 Å². The average Bonchev–Trinajstić information content (AvgIpc) is 2.77. The summed E-state index contributed by atoms with van der Waals surface area (Å²) in [7, 11) is -2.59. The molecule has 3 N–H and O–H groups in total. The maximum atomic E-state index is 12.8. The molecule has 0 unspecified atom stereocenters. The molecule has 0 spiro atoms. The van der Waals surface area contributed by atoms with Gasteiger partial charge in [0.1, 0.15) is 10.6 Å². The van der Waals surface area contributed by atoms with Crippen LogP contribution in [0.2, 0.25) is 5.02 Å². The summed E-state index contributed by atoms with van der Waals surface area (Å²) in [6, 6.07) is 15.3. The van der Waals surface area contributed by atoms with E-state index in [0.717, 1.165) is 17.2 Å². The molecule has 2 amide bonds. The number of rotatable bonds is 6. The summed E-state index contributed by atoms with van der Waals surface area (Å²) in [5.74, 6) is -0.632. The van der Waals surface area contributed by atoms with Crippen LogP contribution in [0, 0.1) is 13.8 Å². The molecule has 172 valence electrons. The molecule has 0 aliphatic heterocycles. The number of sulfonamides is 1. The second-order valence-electron chi connectivity index (χ2n) is 7.21. The summed E-state index contributed by atoms with van der Waals surface area (Å²) in [5, 5.41) is -0.0631. The van der Waals surface area contributed by atoms with E-state index in [-0.39, 0.29) is 15.5 Å². The van der Waals surface area contributed by atoms with E-state index in [4.69, 9.17) is 16.3 Å². The predicted octanol–water partition coefficient (Wildman–Crippen LogP) is 3.84. The van der Waals surface area contributed by atoms with Crippen molar-refractivity contribution >= 4 is 39.1 Å². The van der Waals surface area contributed by atoms with Crippen molar-refractivity contribution in [3.63, 3.8) is 0 Å². The van der Waals surface area contributed by atoms with Gasteiger partial charge in [0.25, 0.3) is 21.8 Å². The van der Waals surface area contributed by atoms with Gasteiger partial charge in [0.2, 0.25) is 0 Å². The molecule has 0 saturated carbocycles. The molecule has 0 aliphatic carbocycles. The second kappa shape index (κ2) is 9.93. The molecule has 0 aromatic heterocycles. The highest BCUT2D eigenvalue weighted by atomic mass is 35.5. The zero-order valence-corrected chi connectivity index (χ0v) is 19.7. The van der Waals surface area contributed by atoms with Crippen LogP contribution in [0.4, 0.5) is 5.69 Å². The number of hydrogen-bond acceptors (Lipinski definition) is 5. The van der Waals surface area contributed by atoms with Crippen LogP contribution in [0.25, 0.3) is 0 Å². The molecule has 3 aromatic carbocycles. The average molecular weight is 488 g/mol. The molecule has 0 bridgehead atoms. The number of benzene rings is 3. The first-order valence-corrected chi connectivity index (χ1v) is 11.6. The van der Waals surface area contributed by atoms with E-state index in [1.54, 1.807) is 31.2 Å². The van der Waals surface area contributed by atoms with Gasteiger partial charge in [0, 0.05) is 16.8 Å². The topological polar surface area (TPSA) is 114 Å². The number of carbonyl (C=O) groups is 2. The maximum Gasteiger partial charge on any atom is 0.269 e. The van der Waals surface area contributed by atoms with Crippen molar-refractivity contribution in [2.24, 2.45) is 0 Å². The summed E-state index contributed by atoms with van der Waals surface area (Å²) >= 11 is 6.10. The van der Waals surface area contributed by atoms with Gasteiger partial charge in [-0.1, -0.05) is 29.3 Å². The molecule has 33 heavy (non-hydrogen) atoms. The van der Waals surface area contributed by atoms with E-state index >= 15 is 0 Å². The lowest BCUT2D eigenvalue weighted by Gasteiger charge is -2.12. The smallest absolute Gasteiger partial charge is 0.269 e. The van der Waals surface area contributed by atoms with Crippen molar-refractivity contribution in [1.82, 2.24) is 10.9 Å². The molecule has 0 radical (unpaired) electrons. The van der Waals surface area contributed by atoms with Crippen LogP contribution < -0.4 is 20.3 Å². The Morgan fingerprint density at radius 3 is 2.18 bits per heavy atom. The fraction of sp³-hybridized carbons (Fsp3) is 0.130. The Bertz CT molecular complexity index is 1310. The number of hydrogen-bond donors (Lipinski definition) is 3. The monoisotopic (exact) mass is 487 g/mol. The second-order valence-corrected chi connectivity index (χ2v) is 9.26. The standard InChI is InChI=1S/C23H22ClN3O5S/c1-14-4-10-19(15(2)12-14)23(29)26-25-22(28)16-5-11-20(24)21(13-16)33(30,31)27-17-6-8-18(32-3)9-7-17/h4-13,27H,1-3H3,(H,25,28)(H,26,29). The number of methoxy groups -OCH3 is 1. The van der Waals surface area contributed by atoms with Crippen LogP contribution in [0.5, 0.6) is 5.75 Å². The Morgan fingerprint density at radius 2 is 1.55 bits per heavy atom. The molecule has 0 aliphatic rings. The van der Waals surface area contributed by atoms with E-state index in [1.165, 1.54) is 31.4 Å². The Labute approximate surface area is 196 Å². The minimum Gasteiger partial charge on any atom is -0.497 e. The largest absolute Gasteiger partial charge is 0.497 e. The first-order valence-electron chi connectivity index (χ1n) is 9.75. The Morgan fingerprint density at radius 1 is 0.879 bits per heavy atom. The summed E-state index contributed by atoms with van der Waals surface area (Å²) in [5.41, 5.74) is 7.08. The molecular weight excluding hydrogens is 466 g/mol. The van der Waals surface area contributed by atoms with Crippen molar-refractivity contribution in [2.45, 2.75) is 18.7 Å². The van der Waals surface area contributed by atoms with Gasteiger partial charge in [0.15, 0.2) is 0 Å². The van der Waals surface area contributed by atoms with Gasteiger partial charge in [-0.05, 0) is 67.9 Å². The predicted molar refractivity (Wildman–Crippen MR) is 126 cm³/mol. The van der Waals surface area contributed by atoms with Crippen molar-refractivity contribution in [3.8, 4) is 5.75 Å². The van der Waals surface area contributed by atoms with Crippen LogP contribution in [-0.4, -0.2) is 27.3 Å². The third-order valence-electron chi connectivity index (χ3n) is 4.74. The van der Waals surface area contributed by atoms with E-state index in [1.807, 2.05) is 13.0 Å². The maximum absolute atomic E-state index is 12.8. The van der Waals surface area contributed by atoms with Gasteiger partial charge < -0.3 is 4.74 Å². The molecule has 0 saturated heterocycles. The molecule has 0 fully saturated rings. The number of aryl methyl sites for hydroxylation is 2. The Balaban J connectivity index is 1.75. The minimum absolute atomic E-state index is 0.00423. The molecular formula is C23H22ClN3O5S. The number of amides is 2. The van der Waals surface area contributed by atoms with E-state index in [0.29, 0.717) is 17.0 Å². The summed E-state index contributed by atoms with van der Waals surface area (Å²) < 4.78 is 33.1. The lowest BCUT2D eigenvalue weighted by molar-refractivity contribution is 0.0846. The number of carbonyl (C=O) groups excluding carboxylic acids is 2. The van der Waals surface area contributed by atoms with Gasteiger partial charge in [-0.25, -0.2) is 8.42 Å². The zero-order valence-electron chi connectivity index (χ0n) is 18.1. The molecule has 0 heterocycles. The van der Waals surface area contributed by atoms with Crippen molar-refractivity contribution in [1.29, 1.82) is 0 Å². The Kier molecular flexibility index (Phi) is 7.25. The normalized spacial score (nSPS) is 10.9. The molecule has 3 aromatic rings. The summed E-state index contributed by atoms with van der Waals surface area (Å²) in [6.07, 6.45) is 0. The van der Waals surface area contributed by atoms with Crippen LogP contribution >= 0.6 is 11.6 Å². The molecule has 10 heteroatoms. The van der Waals surface area contributed by atoms with E-state index in [9.17, 15) is 18.0 Å². The fourth-order valence-corrected chi connectivity index (χ4v) is 4.63. The summed E-state index contributed by atoms with van der Waals surface area (Å²) in [4.78, 5) is 24.6. The first kappa shape index (κ1) is 24.1. The number of ether oxygens (including phenoxy) is 1. The molecule has 0 atom stereocenters. The lowest BCUT2D eigenvalue weighted by atomic mass is 10.1. The van der Waals surface area contributed by atoms with Crippen LogP contribution in [0.15, 0.2) is 65.6 Å². The third kappa shape index (κ3) is 5.82. The first-order chi connectivity index (χ1) is 15.6. The molecule has 8 nitrogen and oxygen atoms in total. The van der Waals surface area contributed by atoms with Gasteiger partial charge >= 0.3 is 0 Å². The van der Waals surface area contributed by atoms with Crippen molar-refractivity contribution < 1.29 is 22.7 Å². The SMILES string of the molecule is COc1ccc(NS(=O)(=O)c2cc(C(=O)NNC(=O)c3ccc(C)cc3C)ccc2Cl)cc1. The van der Waals surface area contributed by atoms with Gasteiger partial charge in [0.05, 0.1) is 12.1 Å². The number of nitrogens with one attached hydrogen (secondary N) is 3. The fourth-order valence-electron chi connectivity index (χ4n) is 3.04. The van der Waals surface area contributed by atoms with Gasteiger partial charge in [-0.2, -0.15) is 0 Å². The van der Waals surface area contributed by atoms with Crippen molar-refractivity contribution in [3.05, 3.63) is 87.9 Å². The van der Waals surface area contributed by atoms with Crippen LogP contribution in [0.1, 0.15) is 31.8 Å². The third-order valence-corrected chi connectivity index (χ3v) is 6.60. The quantitative estimate of drug-likeness (QED) is 0.457. The molecule has 3 rings (SSSR count). The highest BCUT2D eigenvalue weighted by Gasteiger charge is 2.21. The summed E-state index contributed by atoms with van der Waals surface area (Å²) in [6.45, 7) is 3.70. The Hall–Kier alpha value is -3.56.